The molecule has 0 saturated heterocycles. The summed E-state index contributed by atoms with van der Waals surface area (Å²) in [6.45, 7) is 8.27. The Morgan fingerprint density at radius 3 is 2.36 bits per heavy atom. The minimum Gasteiger partial charge on any atom is -0.366 e. The summed E-state index contributed by atoms with van der Waals surface area (Å²) in [6.07, 6.45) is 1.18. The molecule has 0 aromatic heterocycles. The van der Waals surface area contributed by atoms with Crippen molar-refractivity contribution in [1.82, 2.24) is 5.32 Å². The van der Waals surface area contributed by atoms with Crippen molar-refractivity contribution >= 4 is 29.9 Å². The van der Waals surface area contributed by atoms with Gasteiger partial charge in [0.05, 0.1) is 10.6 Å². The van der Waals surface area contributed by atoms with Crippen molar-refractivity contribution in [3.8, 4) is 11.1 Å². The van der Waals surface area contributed by atoms with Crippen molar-refractivity contribution < 1.29 is 4.79 Å². The first-order chi connectivity index (χ1) is 11.4. The number of benzene rings is 2. The molecule has 0 aliphatic heterocycles. The van der Waals surface area contributed by atoms with Crippen LogP contribution in [0.1, 0.15) is 41.8 Å². The van der Waals surface area contributed by atoms with Crippen molar-refractivity contribution in [3.63, 3.8) is 0 Å². The third-order valence-corrected chi connectivity index (χ3v) is 4.63. The van der Waals surface area contributed by atoms with Crippen LogP contribution in [0.25, 0.3) is 11.1 Å². The zero-order chi connectivity index (χ0) is 17.7. The highest BCUT2D eigenvalue weighted by molar-refractivity contribution is 6.35. The third kappa shape index (κ3) is 5.74. The number of nitrogens with two attached hydrogens (primary N) is 1. The molecule has 2 aromatic carbocycles. The van der Waals surface area contributed by atoms with E-state index >= 15 is 0 Å². The SMILES string of the molecule is Cc1c(-c2ccc(CNCCC(C)C)cc2)ccc(C(N)=O)c1Cl.Cl. The predicted molar refractivity (Wildman–Crippen MR) is 109 cm³/mol. The molecule has 2 aromatic rings. The van der Waals surface area contributed by atoms with Crippen LogP contribution in [-0.2, 0) is 6.54 Å². The number of hydrogen-bond donors (Lipinski definition) is 2. The van der Waals surface area contributed by atoms with E-state index in [1.165, 1.54) is 12.0 Å². The molecule has 0 spiro atoms. The van der Waals surface area contributed by atoms with Crippen molar-refractivity contribution in [2.75, 3.05) is 6.54 Å². The van der Waals surface area contributed by atoms with Gasteiger partial charge in [0.1, 0.15) is 0 Å². The van der Waals surface area contributed by atoms with E-state index in [1.807, 2.05) is 13.0 Å². The van der Waals surface area contributed by atoms with Crippen molar-refractivity contribution in [3.05, 3.63) is 58.1 Å². The molecular weight excluding hydrogens is 355 g/mol. The molecule has 2 rings (SSSR count). The molecule has 25 heavy (non-hydrogen) atoms. The fourth-order valence-corrected chi connectivity index (χ4v) is 2.87. The molecular formula is C20H26Cl2N2O. The highest BCUT2D eigenvalue weighted by Gasteiger charge is 2.13. The topological polar surface area (TPSA) is 55.1 Å². The number of amides is 1. The molecule has 136 valence electrons. The summed E-state index contributed by atoms with van der Waals surface area (Å²) in [7, 11) is 0. The van der Waals surface area contributed by atoms with Crippen LogP contribution in [0, 0.1) is 12.8 Å². The Hall–Kier alpha value is -1.55. The molecule has 0 aliphatic carbocycles. The summed E-state index contributed by atoms with van der Waals surface area (Å²) in [5.74, 6) is 0.216. The molecule has 0 bridgehead atoms. The Morgan fingerprint density at radius 1 is 1.16 bits per heavy atom. The fourth-order valence-electron chi connectivity index (χ4n) is 2.61. The second-order valence-corrected chi connectivity index (χ2v) is 6.90. The molecule has 0 unspecified atom stereocenters. The van der Waals surface area contributed by atoms with E-state index in [0.717, 1.165) is 35.7 Å². The second kappa shape index (κ2) is 9.81. The lowest BCUT2D eigenvalue weighted by molar-refractivity contribution is 0.100. The standard InChI is InChI=1S/C20H25ClN2O.ClH/c1-13(2)10-11-23-12-15-4-6-16(7-5-15)17-8-9-18(20(22)24)19(21)14(17)3;/h4-9,13,23H,10-12H2,1-3H3,(H2,22,24);1H. The van der Waals surface area contributed by atoms with Gasteiger partial charge in [-0.05, 0) is 54.1 Å². The van der Waals surface area contributed by atoms with Crippen LogP contribution in [0.3, 0.4) is 0 Å². The van der Waals surface area contributed by atoms with Crippen LogP contribution in [0.2, 0.25) is 5.02 Å². The summed E-state index contributed by atoms with van der Waals surface area (Å²) in [5, 5.41) is 3.89. The Bertz CT molecular complexity index is 712. The summed E-state index contributed by atoms with van der Waals surface area (Å²) < 4.78 is 0. The van der Waals surface area contributed by atoms with Crippen LogP contribution in [-0.4, -0.2) is 12.5 Å². The maximum absolute atomic E-state index is 11.4. The molecule has 0 aliphatic rings. The highest BCUT2D eigenvalue weighted by Crippen LogP contribution is 2.31. The molecule has 0 heterocycles. The minimum atomic E-state index is -0.502. The summed E-state index contributed by atoms with van der Waals surface area (Å²) in [6, 6.07) is 12.0. The first-order valence-electron chi connectivity index (χ1n) is 8.29. The van der Waals surface area contributed by atoms with E-state index in [0.29, 0.717) is 10.6 Å². The van der Waals surface area contributed by atoms with E-state index in [-0.39, 0.29) is 12.4 Å². The maximum Gasteiger partial charge on any atom is 0.250 e. The van der Waals surface area contributed by atoms with Crippen LogP contribution in [0.4, 0.5) is 0 Å². The summed E-state index contributed by atoms with van der Waals surface area (Å²) in [5.41, 5.74) is 9.92. The van der Waals surface area contributed by atoms with Crippen LogP contribution < -0.4 is 11.1 Å². The number of halogens is 2. The van der Waals surface area contributed by atoms with Gasteiger partial charge >= 0.3 is 0 Å². The average Bonchev–Trinajstić information content (AvgIpc) is 2.54. The lowest BCUT2D eigenvalue weighted by Crippen LogP contribution is -2.16. The Balaban J connectivity index is 0.00000312. The molecule has 3 N–H and O–H groups in total. The second-order valence-electron chi connectivity index (χ2n) is 6.52. The molecule has 0 saturated carbocycles. The first-order valence-corrected chi connectivity index (χ1v) is 8.67. The van der Waals surface area contributed by atoms with Gasteiger partial charge in [-0.1, -0.05) is 55.8 Å². The van der Waals surface area contributed by atoms with Crippen molar-refractivity contribution in [1.29, 1.82) is 0 Å². The number of carbonyl (C=O) groups is 1. The van der Waals surface area contributed by atoms with Crippen LogP contribution in [0.15, 0.2) is 36.4 Å². The van der Waals surface area contributed by atoms with E-state index < -0.39 is 5.91 Å². The van der Waals surface area contributed by atoms with Crippen molar-refractivity contribution in [2.24, 2.45) is 11.7 Å². The molecule has 0 fully saturated rings. The number of carbonyl (C=O) groups excluding carboxylic acids is 1. The monoisotopic (exact) mass is 380 g/mol. The normalized spacial score (nSPS) is 10.6. The van der Waals surface area contributed by atoms with Gasteiger partial charge in [0.2, 0.25) is 5.91 Å². The van der Waals surface area contributed by atoms with E-state index in [9.17, 15) is 4.79 Å². The predicted octanol–water partition coefficient (Wildman–Crippen LogP) is 4.97. The number of nitrogens with one attached hydrogen (secondary N) is 1. The zero-order valence-electron chi connectivity index (χ0n) is 14.9. The van der Waals surface area contributed by atoms with Crippen molar-refractivity contribution in [2.45, 2.75) is 33.7 Å². The zero-order valence-corrected chi connectivity index (χ0v) is 16.5. The van der Waals surface area contributed by atoms with Gasteiger partial charge in [-0.15, -0.1) is 12.4 Å². The van der Waals surface area contributed by atoms with Gasteiger partial charge in [-0.3, -0.25) is 4.79 Å². The van der Waals surface area contributed by atoms with E-state index in [4.69, 9.17) is 17.3 Å². The number of hydrogen-bond acceptors (Lipinski definition) is 2. The molecule has 1 amide bonds. The molecule has 3 nitrogen and oxygen atoms in total. The van der Waals surface area contributed by atoms with Crippen LogP contribution >= 0.6 is 24.0 Å². The Morgan fingerprint density at radius 2 is 1.80 bits per heavy atom. The number of primary amides is 1. The van der Waals surface area contributed by atoms with Gasteiger partial charge in [0.25, 0.3) is 0 Å². The fraction of sp³-hybridized carbons (Fsp3) is 0.350. The Kier molecular flexibility index (Phi) is 8.43. The van der Waals surface area contributed by atoms with Gasteiger partial charge in [0.15, 0.2) is 0 Å². The average molecular weight is 381 g/mol. The van der Waals surface area contributed by atoms with Gasteiger partial charge in [0, 0.05) is 6.54 Å². The lowest BCUT2D eigenvalue weighted by Gasteiger charge is -2.12. The van der Waals surface area contributed by atoms with Gasteiger partial charge in [-0.2, -0.15) is 0 Å². The molecule has 0 atom stereocenters. The van der Waals surface area contributed by atoms with E-state index in [2.05, 4.69) is 43.4 Å². The molecule has 0 radical (unpaired) electrons. The quantitative estimate of drug-likeness (QED) is 0.665. The van der Waals surface area contributed by atoms with Gasteiger partial charge in [-0.25, -0.2) is 0 Å². The first kappa shape index (κ1) is 21.5. The highest BCUT2D eigenvalue weighted by atomic mass is 35.5. The lowest BCUT2D eigenvalue weighted by atomic mass is 9.97. The minimum absolute atomic E-state index is 0. The largest absolute Gasteiger partial charge is 0.366 e. The van der Waals surface area contributed by atoms with Crippen LogP contribution in [0.5, 0.6) is 0 Å². The molecule has 5 heteroatoms. The summed E-state index contributed by atoms with van der Waals surface area (Å²) in [4.78, 5) is 11.4. The van der Waals surface area contributed by atoms with E-state index in [1.54, 1.807) is 6.07 Å². The Labute approximate surface area is 161 Å². The maximum atomic E-state index is 11.4. The third-order valence-electron chi connectivity index (χ3n) is 4.14. The summed E-state index contributed by atoms with van der Waals surface area (Å²) >= 11 is 6.27. The smallest absolute Gasteiger partial charge is 0.250 e. The number of rotatable bonds is 7. The van der Waals surface area contributed by atoms with Gasteiger partial charge < -0.3 is 11.1 Å².